The Bertz CT molecular complexity index is 1280. The summed E-state index contributed by atoms with van der Waals surface area (Å²) >= 11 is 0. The van der Waals surface area contributed by atoms with Gasteiger partial charge < -0.3 is 15.1 Å². The third-order valence-corrected chi connectivity index (χ3v) is 6.72. The van der Waals surface area contributed by atoms with E-state index in [1.54, 1.807) is 12.1 Å². The highest BCUT2D eigenvalue weighted by Crippen LogP contribution is 2.44. The van der Waals surface area contributed by atoms with Crippen LogP contribution in [0.1, 0.15) is 43.0 Å². The summed E-state index contributed by atoms with van der Waals surface area (Å²) in [7, 11) is 0. The van der Waals surface area contributed by atoms with Gasteiger partial charge in [-0.05, 0) is 68.1 Å². The monoisotopic (exact) mass is 484 g/mol. The molecule has 1 atom stereocenters. The molecule has 186 valence electrons. The molecule has 0 spiro atoms. The number of aliphatic hydroxyl groups is 1. The maximum Gasteiger partial charge on any atom is 0.294 e. The zero-order chi connectivity index (χ0) is 25.8. The molecule has 0 aliphatic carbocycles. The van der Waals surface area contributed by atoms with Crippen LogP contribution in [0.25, 0.3) is 0 Å². The number of nitrogens with zero attached hydrogens (tertiary/aromatic N) is 2. The zero-order valence-electron chi connectivity index (χ0n) is 20.9. The SMILES string of the molecule is CCN(CC)c1ccc(C2C(C(=O)CCc3ccccc3)=C(O)C(=O)N2c2cc(C)ccc2O)cc1. The Kier molecular flexibility index (Phi) is 7.44. The molecule has 1 aliphatic heterocycles. The number of phenols is 1. The Morgan fingerprint density at radius 1 is 0.944 bits per heavy atom. The normalized spacial score (nSPS) is 15.5. The van der Waals surface area contributed by atoms with E-state index in [-0.39, 0.29) is 29.2 Å². The van der Waals surface area contributed by atoms with Crippen LogP contribution < -0.4 is 9.80 Å². The third kappa shape index (κ3) is 4.85. The molecule has 0 aromatic heterocycles. The fourth-order valence-electron chi connectivity index (χ4n) is 4.77. The lowest BCUT2D eigenvalue weighted by Crippen LogP contribution is -2.31. The lowest BCUT2D eigenvalue weighted by atomic mass is 9.92. The first-order valence-electron chi connectivity index (χ1n) is 12.3. The number of anilines is 2. The van der Waals surface area contributed by atoms with Crippen molar-refractivity contribution in [3.63, 3.8) is 0 Å². The first kappa shape index (κ1) is 25.0. The molecular weight excluding hydrogens is 452 g/mol. The standard InChI is InChI=1S/C30H32N2O4/c1-4-31(5-2)23-15-13-22(14-16-23)28-27(26(34)18-12-21-9-7-6-8-10-21)29(35)30(36)32(28)24-19-20(3)11-17-25(24)33/h6-11,13-17,19,28,33,35H,4-5,12,18H2,1-3H3. The van der Waals surface area contributed by atoms with Crippen molar-refractivity contribution in [2.45, 2.75) is 39.7 Å². The molecule has 36 heavy (non-hydrogen) atoms. The second-order valence-corrected chi connectivity index (χ2v) is 9.00. The van der Waals surface area contributed by atoms with Crippen molar-refractivity contribution in [1.29, 1.82) is 0 Å². The number of carbonyl (C=O) groups excluding carboxylic acids is 2. The summed E-state index contributed by atoms with van der Waals surface area (Å²) < 4.78 is 0. The van der Waals surface area contributed by atoms with Gasteiger partial charge in [-0.15, -0.1) is 0 Å². The predicted molar refractivity (Wildman–Crippen MR) is 142 cm³/mol. The minimum Gasteiger partial charge on any atom is -0.506 e. The topological polar surface area (TPSA) is 81.1 Å². The Hall–Kier alpha value is -4.06. The van der Waals surface area contributed by atoms with Crippen LogP contribution in [0, 0.1) is 6.92 Å². The number of rotatable bonds is 9. The lowest BCUT2D eigenvalue weighted by molar-refractivity contribution is -0.118. The fourth-order valence-corrected chi connectivity index (χ4v) is 4.77. The van der Waals surface area contributed by atoms with Crippen LogP contribution in [0.4, 0.5) is 11.4 Å². The van der Waals surface area contributed by atoms with Gasteiger partial charge in [-0.25, -0.2) is 0 Å². The van der Waals surface area contributed by atoms with E-state index in [1.165, 1.54) is 11.0 Å². The fraction of sp³-hybridized carbons (Fsp3) is 0.267. The largest absolute Gasteiger partial charge is 0.506 e. The number of ketones is 1. The van der Waals surface area contributed by atoms with Crippen molar-refractivity contribution >= 4 is 23.1 Å². The minimum atomic E-state index is -0.848. The van der Waals surface area contributed by atoms with Crippen LogP contribution >= 0.6 is 0 Å². The summed E-state index contributed by atoms with van der Waals surface area (Å²) in [4.78, 5) is 30.4. The van der Waals surface area contributed by atoms with E-state index >= 15 is 0 Å². The first-order chi connectivity index (χ1) is 17.3. The van der Waals surface area contributed by atoms with E-state index < -0.39 is 17.7 Å². The number of aliphatic hydroxyl groups excluding tert-OH is 1. The number of benzene rings is 3. The van der Waals surface area contributed by atoms with Gasteiger partial charge in [-0.2, -0.15) is 0 Å². The van der Waals surface area contributed by atoms with Gasteiger partial charge in [0.2, 0.25) is 0 Å². The van der Waals surface area contributed by atoms with Gasteiger partial charge in [0, 0.05) is 25.2 Å². The summed E-state index contributed by atoms with van der Waals surface area (Å²) in [6, 6.07) is 21.4. The Morgan fingerprint density at radius 3 is 2.25 bits per heavy atom. The number of carbonyl (C=O) groups is 2. The van der Waals surface area contributed by atoms with Gasteiger partial charge in [-0.1, -0.05) is 48.5 Å². The van der Waals surface area contributed by atoms with E-state index in [2.05, 4.69) is 18.7 Å². The maximum absolute atomic E-state index is 13.5. The van der Waals surface area contributed by atoms with E-state index in [0.717, 1.165) is 29.9 Å². The number of aryl methyl sites for hydroxylation is 2. The van der Waals surface area contributed by atoms with Crippen LogP contribution in [0.3, 0.4) is 0 Å². The van der Waals surface area contributed by atoms with E-state index in [0.29, 0.717) is 12.0 Å². The number of phenolic OH excluding ortho intramolecular Hbond substituents is 1. The zero-order valence-corrected chi connectivity index (χ0v) is 20.9. The molecule has 0 radical (unpaired) electrons. The number of amides is 1. The second-order valence-electron chi connectivity index (χ2n) is 9.00. The highest BCUT2D eigenvalue weighted by atomic mass is 16.3. The van der Waals surface area contributed by atoms with Crippen molar-refractivity contribution in [3.05, 3.63) is 101 Å². The molecule has 1 amide bonds. The molecule has 0 saturated heterocycles. The molecule has 0 saturated carbocycles. The van der Waals surface area contributed by atoms with Crippen molar-refractivity contribution in [3.8, 4) is 5.75 Å². The maximum atomic E-state index is 13.5. The Balaban J connectivity index is 1.76. The molecule has 2 N–H and O–H groups in total. The summed E-state index contributed by atoms with van der Waals surface area (Å²) in [5.74, 6) is -1.65. The van der Waals surface area contributed by atoms with Crippen molar-refractivity contribution < 1.29 is 19.8 Å². The van der Waals surface area contributed by atoms with Gasteiger partial charge in [0.05, 0.1) is 17.3 Å². The van der Waals surface area contributed by atoms with Crippen LogP contribution in [0.15, 0.2) is 84.1 Å². The lowest BCUT2D eigenvalue weighted by Gasteiger charge is -2.28. The number of Topliss-reactive ketones (excluding diaryl/α,β-unsaturated/α-hetero) is 1. The molecule has 1 unspecified atom stereocenters. The van der Waals surface area contributed by atoms with Crippen molar-refractivity contribution in [2.75, 3.05) is 22.9 Å². The van der Waals surface area contributed by atoms with Gasteiger partial charge >= 0.3 is 0 Å². The van der Waals surface area contributed by atoms with Crippen LogP contribution in [0.5, 0.6) is 5.75 Å². The number of hydrogen-bond donors (Lipinski definition) is 2. The second kappa shape index (κ2) is 10.7. The smallest absolute Gasteiger partial charge is 0.294 e. The van der Waals surface area contributed by atoms with Gasteiger partial charge in [0.25, 0.3) is 5.91 Å². The van der Waals surface area contributed by atoms with Crippen LogP contribution in [-0.4, -0.2) is 35.0 Å². The summed E-state index contributed by atoms with van der Waals surface area (Å²) in [5, 5.41) is 21.6. The highest BCUT2D eigenvalue weighted by molar-refractivity contribution is 6.17. The van der Waals surface area contributed by atoms with Gasteiger partial charge in [0.1, 0.15) is 5.75 Å². The average Bonchev–Trinajstić information content (AvgIpc) is 3.16. The molecule has 6 nitrogen and oxygen atoms in total. The quantitative estimate of drug-likeness (QED) is 0.410. The summed E-state index contributed by atoms with van der Waals surface area (Å²) in [6.07, 6.45) is 0.645. The molecule has 1 heterocycles. The van der Waals surface area contributed by atoms with Crippen LogP contribution in [0.2, 0.25) is 0 Å². The van der Waals surface area contributed by atoms with Crippen molar-refractivity contribution in [2.24, 2.45) is 0 Å². The third-order valence-electron chi connectivity index (χ3n) is 6.72. The van der Waals surface area contributed by atoms with E-state index in [4.69, 9.17) is 0 Å². The number of aromatic hydroxyl groups is 1. The predicted octanol–water partition coefficient (Wildman–Crippen LogP) is 5.65. The Labute approximate surface area is 212 Å². The van der Waals surface area contributed by atoms with Crippen LogP contribution in [-0.2, 0) is 16.0 Å². The molecular formula is C30H32N2O4. The minimum absolute atomic E-state index is 0.0624. The molecule has 4 rings (SSSR count). The summed E-state index contributed by atoms with van der Waals surface area (Å²) in [5.41, 5.74) is 3.89. The molecule has 0 bridgehead atoms. The Morgan fingerprint density at radius 2 is 1.61 bits per heavy atom. The molecule has 6 heteroatoms. The molecule has 3 aromatic rings. The first-order valence-corrected chi connectivity index (χ1v) is 12.3. The molecule has 1 aliphatic rings. The molecule has 0 fully saturated rings. The van der Waals surface area contributed by atoms with E-state index in [1.807, 2.05) is 61.5 Å². The highest BCUT2D eigenvalue weighted by Gasteiger charge is 2.45. The van der Waals surface area contributed by atoms with Gasteiger partial charge in [-0.3, -0.25) is 14.5 Å². The number of hydrogen-bond acceptors (Lipinski definition) is 5. The molecule has 3 aromatic carbocycles. The van der Waals surface area contributed by atoms with E-state index in [9.17, 15) is 19.8 Å². The van der Waals surface area contributed by atoms with Gasteiger partial charge in [0.15, 0.2) is 11.5 Å². The average molecular weight is 485 g/mol. The summed E-state index contributed by atoms with van der Waals surface area (Å²) in [6.45, 7) is 7.73. The van der Waals surface area contributed by atoms with Crippen molar-refractivity contribution in [1.82, 2.24) is 0 Å².